The quantitative estimate of drug-likeness (QED) is 0.706. The zero-order valence-corrected chi connectivity index (χ0v) is 13.1. The van der Waals surface area contributed by atoms with Gasteiger partial charge >= 0.3 is 0 Å². The minimum atomic E-state index is 0.565. The molecule has 0 aliphatic rings. The number of rotatable bonds is 6. The van der Waals surface area contributed by atoms with Crippen molar-refractivity contribution in [2.24, 2.45) is 0 Å². The van der Waals surface area contributed by atoms with Crippen LogP contribution in [-0.4, -0.2) is 6.04 Å². The molecule has 1 N–H and O–H groups in total. The molecule has 1 unspecified atom stereocenters. The molecule has 1 atom stereocenters. The summed E-state index contributed by atoms with van der Waals surface area (Å²) >= 11 is 7.16. The molecule has 16 heavy (non-hydrogen) atoms. The predicted molar refractivity (Wildman–Crippen MR) is 79.1 cm³/mol. The van der Waals surface area contributed by atoms with Gasteiger partial charge in [0, 0.05) is 15.0 Å². The molecule has 0 heterocycles. The van der Waals surface area contributed by atoms with Crippen molar-refractivity contribution in [2.45, 2.75) is 45.6 Å². The smallest absolute Gasteiger partial charge is 0.0631 e. The summed E-state index contributed by atoms with van der Waals surface area (Å²) in [6, 6.07) is 6.74. The third-order valence-corrected chi connectivity index (χ3v) is 4.03. The first-order valence-electron chi connectivity index (χ1n) is 5.89. The van der Waals surface area contributed by atoms with E-state index in [0.717, 1.165) is 15.4 Å². The molecule has 0 aromatic heterocycles. The summed E-state index contributed by atoms with van der Waals surface area (Å²) in [4.78, 5) is 0. The Morgan fingerprint density at radius 3 is 2.31 bits per heavy atom. The van der Waals surface area contributed by atoms with Crippen LogP contribution in [0.3, 0.4) is 0 Å². The minimum Gasteiger partial charge on any atom is -0.380 e. The maximum atomic E-state index is 3.61. The zero-order chi connectivity index (χ0) is 12.0. The summed E-state index contributed by atoms with van der Waals surface area (Å²) in [7, 11) is 0. The lowest BCUT2D eigenvalue weighted by Crippen LogP contribution is -2.18. The molecule has 90 valence electrons. The molecule has 0 amide bonds. The number of nitrogens with one attached hydrogen (secondary N) is 1. The van der Waals surface area contributed by atoms with Crippen LogP contribution < -0.4 is 5.32 Å². The van der Waals surface area contributed by atoms with Gasteiger partial charge < -0.3 is 5.32 Å². The van der Waals surface area contributed by atoms with E-state index < -0.39 is 0 Å². The molecule has 3 heteroatoms. The first-order chi connectivity index (χ1) is 7.69. The van der Waals surface area contributed by atoms with Crippen molar-refractivity contribution in [1.29, 1.82) is 0 Å². The summed E-state index contributed by atoms with van der Waals surface area (Å²) in [6.45, 7) is 4.47. The molecule has 1 nitrogen and oxygen atoms in total. The van der Waals surface area contributed by atoms with Gasteiger partial charge in [0.15, 0.2) is 0 Å². The fourth-order valence-corrected chi connectivity index (χ4v) is 2.90. The number of anilines is 1. The van der Waals surface area contributed by atoms with E-state index in [2.05, 4.69) is 63.2 Å². The summed E-state index contributed by atoms with van der Waals surface area (Å²) in [5.41, 5.74) is 1.17. The largest absolute Gasteiger partial charge is 0.380 e. The number of benzene rings is 1. The Balaban J connectivity index is 2.69. The molecule has 0 aliphatic heterocycles. The normalized spacial score (nSPS) is 12.5. The van der Waals surface area contributed by atoms with E-state index in [4.69, 9.17) is 0 Å². The van der Waals surface area contributed by atoms with Crippen molar-refractivity contribution in [3.05, 3.63) is 27.1 Å². The molecular formula is C13H19Br2N. The minimum absolute atomic E-state index is 0.565. The van der Waals surface area contributed by atoms with Crippen LogP contribution in [0, 0.1) is 0 Å². The molecule has 0 saturated carbocycles. The van der Waals surface area contributed by atoms with Crippen LogP contribution in [0.15, 0.2) is 27.1 Å². The third-order valence-electron chi connectivity index (χ3n) is 2.71. The Kier molecular flexibility index (Phi) is 6.44. The van der Waals surface area contributed by atoms with E-state index in [9.17, 15) is 0 Å². The number of para-hydroxylation sites is 1. The van der Waals surface area contributed by atoms with Crippen molar-refractivity contribution >= 4 is 37.5 Å². The van der Waals surface area contributed by atoms with E-state index in [1.54, 1.807) is 0 Å². The van der Waals surface area contributed by atoms with Crippen LogP contribution in [0.25, 0.3) is 0 Å². The van der Waals surface area contributed by atoms with Gasteiger partial charge in [0.1, 0.15) is 0 Å². The molecule has 0 spiro atoms. The van der Waals surface area contributed by atoms with Gasteiger partial charge in [0.25, 0.3) is 0 Å². The fraction of sp³-hybridized carbons (Fsp3) is 0.538. The van der Waals surface area contributed by atoms with Gasteiger partial charge in [-0.1, -0.05) is 32.8 Å². The molecule has 0 radical (unpaired) electrons. The van der Waals surface area contributed by atoms with E-state index in [1.165, 1.54) is 24.9 Å². The Morgan fingerprint density at radius 1 is 1.19 bits per heavy atom. The summed E-state index contributed by atoms with van der Waals surface area (Å²) in [6.07, 6.45) is 4.94. The number of halogens is 2. The van der Waals surface area contributed by atoms with Crippen molar-refractivity contribution in [3.8, 4) is 0 Å². The lowest BCUT2D eigenvalue weighted by atomic mass is 10.1. The topological polar surface area (TPSA) is 12.0 Å². The second-order valence-corrected chi connectivity index (χ2v) is 5.70. The van der Waals surface area contributed by atoms with Crippen LogP contribution in [0.2, 0.25) is 0 Å². The van der Waals surface area contributed by atoms with Crippen LogP contribution >= 0.6 is 31.9 Å². The number of hydrogen-bond donors (Lipinski definition) is 1. The van der Waals surface area contributed by atoms with Gasteiger partial charge in [0.05, 0.1) is 5.69 Å². The van der Waals surface area contributed by atoms with E-state index in [-0.39, 0.29) is 0 Å². The van der Waals surface area contributed by atoms with Crippen molar-refractivity contribution in [3.63, 3.8) is 0 Å². The highest BCUT2D eigenvalue weighted by Gasteiger charge is 2.10. The predicted octanol–water partition coefficient (Wildman–Crippen LogP) is 5.59. The second kappa shape index (κ2) is 7.33. The van der Waals surface area contributed by atoms with Gasteiger partial charge in [-0.3, -0.25) is 0 Å². The van der Waals surface area contributed by atoms with E-state index >= 15 is 0 Å². The summed E-state index contributed by atoms with van der Waals surface area (Å²) in [5.74, 6) is 0. The van der Waals surface area contributed by atoms with Crippen LogP contribution in [-0.2, 0) is 0 Å². The average molecular weight is 349 g/mol. The van der Waals surface area contributed by atoms with Gasteiger partial charge in [-0.2, -0.15) is 0 Å². The van der Waals surface area contributed by atoms with Gasteiger partial charge in [-0.15, -0.1) is 0 Å². The number of unbranched alkanes of at least 4 members (excludes halogenated alkanes) is 1. The van der Waals surface area contributed by atoms with Gasteiger partial charge in [0.2, 0.25) is 0 Å². The van der Waals surface area contributed by atoms with Gasteiger partial charge in [-0.05, 0) is 56.8 Å². The maximum Gasteiger partial charge on any atom is 0.0631 e. The Hall–Kier alpha value is -0.0200. The standard InChI is InChI=1S/C13H19Br2N/c1-3-5-7-10(4-2)16-13-11(14)8-6-9-12(13)15/h6,8-10,16H,3-5,7H2,1-2H3. The Bertz CT molecular complexity index is 305. The molecule has 1 aromatic carbocycles. The molecule has 0 bridgehead atoms. The fourth-order valence-electron chi connectivity index (χ4n) is 1.67. The van der Waals surface area contributed by atoms with Crippen molar-refractivity contribution in [1.82, 2.24) is 0 Å². The zero-order valence-electron chi connectivity index (χ0n) is 9.89. The Labute approximate surface area is 115 Å². The lowest BCUT2D eigenvalue weighted by Gasteiger charge is -2.20. The molecule has 1 aromatic rings. The highest BCUT2D eigenvalue weighted by atomic mass is 79.9. The van der Waals surface area contributed by atoms with Crippen LogP contribution in [0.4, 0.5) is 5.69 Å². The molecule has 0 fully saturated rings. The van der Waals surface area contributed by atoms with Crippen molar-refractivity contribution < 1.29 is 0 Å². The monoisotopic (exact) mass is 347 g/mol. The maximum absolute atomic E-state index is 3.61. The number of hydrogen-bond acceptors (Lipinski definition) is 1. The average Bonchev–Trinajstić information content (AvgIpc) is 2.28. The van der Waals surface area contributed by atoms with Crippen LogP contribution in [0.5, 0.6) is 0 Å². The molecule has 0 aliphatic carbocycles. The SMILES string of the molecule is CCCCC(CC)Nc1c(Br)cccc1Br. The lowest BCUT2D eigenvalue weighted by molar-refractivity contribution is 0.593. The molecule has 0 saturated heterocycles. The summed E-state index contributed by atoms with van der Waals surface area (Å²) in [5, 5.41) is 3.61. The highest BCUT2D eigenvalue weighted by molar-refractivity contribution is 9.11. The first kappa shape index (κ1) is 14.0. The van der Waals surface area contributed by atoms with E-state index in [0.29, 0.717) is 6.04 Å². The molecular weight excluding hydrogens is 330 g/mol. The van der Waals surface area contributed by atoms with Gasteiger partial charge in [-0.25, -0.2) is 0 Å². The highest BCUT2D eigenvalue weighted by Crippen LogP contribution is 2.31. The Morgan fingerprint density at radius 2 is 1.81 bits per heavy atom. The van der Waals surface area contributed by atoms with E-state index in [1.807, 2.05) is 6.07 Å². The third kappa shape index (κ3) is 4.10. The first-order valence-corrected chi connectivity index (χ1v) is 7.48. The second-order valence-electron chi connectivity index (χ2n) is 3.99. The molecule has 1 rings (SSSR count). The summed E-state index contributed by atoms with van der Waals surface area (Å²) < 4.78 is 2.24. The van der Waals surface area contributed by atoms with Crippen molar-refractivity contribution in [2.75, 3.05) is 5.32 Å². The van der Waals surface area contributed by atoms with Crippen LogP contribution in [0.1, 0.15) is 39.5 Å².